The van der Waals surface area contributed by atoms with Crippen LogP contribution in [0.1, 0.15) is 51.4 Å². The molecule has 120 valence electrons. The van der Waals surface area contributed by atoms with Gasteiger partial charge in [-0.2, -0.15) is 0 Å². The van der Waals surface area contributed by atoms with Crippen LogP contribution in [0.4, 0.5) is 5.95 Å². The van der Waals surface area contributed by atoms with Crippen molar-refractivity contribution in [1.82, 2.24) is 15.3 Å². The summed E-state index contributed by atoms with van der Waals surface area (Å²) in [5.41, 5.74) is 0. The first-order chi connectivity index (χ1) is 10.8. The molecule has 2 aliphatic rings. The quantitative estimate of drug-likeness (QED) is 0.872. The van der Waals surface area contributed by atoms with E-state index in [0.29, 0.717) is 6.04 Å². The summed E-state index contributed by atoms with van der Waals surface area (Å²) in [5, 5.41) is 3.29. The van der Waals surface area contributed by atoms with Gasteiger partial charge in [0, 0.05) is 31.5 Å². The van der Waals surface area contributed by atoms with Crippen LogP contribution in [0.3, 0.4) is 0 Å². The molecule has 1 atom stereocenters. The number of amides is 1. The summed E-state index contributed by atoms with van der Waals surface area (Å²) in [7, 11) is 0. The lowest BCUT2D eigenvalue weighted by atomic mass is 9.96. The van der Waals surface area contributed by atoms with Gasteiger partial charge in [-0.3, -0.25) is 4.79 Å². The molecule has 1 aromatic heterocycles. The third kappa shape index (κ3) is 3.96. The normalized spacial score (nSPS) is 23.8. The predicted molar refractivity (Wildman–Crippen MR) is 86.6 cm³/mol. The third-order valence-corrected chi connectivity index (χ3v) is 4.83. The van der Waals surface area contributed by atoms with Crippen LogP contribution < -0.4 is 10.2 Å². The summed E-state index contributed by atoms with van der Waals surface area (Å²) < 4.78 is 0. The van der Waals surface area contributed by atoms with E-state index >= 15 is 0 Å². The molecule has 1 N–H and O–H groups in total. The van der Waals surface area contributed by atoms with Crippen LogP contribution in [-0.4, -0.2) is 35.0 Å². The summed E-state index contributed by atoms with van der Waals surface area (Å²) in [6.45, 7) is 1.68. The molecular weight excluding hydrogens is 276 g/mol. The van der Waals surface area contributed by atoms with Gasteiger partial charge in [-0.1, -0.05) is 25.7 Å². The maximum Gasteiger partial charge on any atom is 0.225 e. The molecule has 2 fully saturated rings. The van der Waals surface area contributed by atoms with Gasteiger partial charge in [0.05, 0.1) is 5.92 Å². The number of aromatic nitrogens is 2. The van der Waals surface area contributed by atoms with Gasteiger partial charge in [0.25, 0.3) is 0 Å². The number of nitrogens with one attached hydrogen (secondary N) is 1. The van der Waals surface area contributed by atoms with E-state index in [1.54, 1.807) is 12.4 Å². The average Bonchev–Trinajstić information content (AvgIpc) is 2.84. The summed E-state index contributed by atoms with van der Waals surface area (Å²) in [6, 6.07) is 2.21. The molecule has 1 saturated carbocycles. The van der Waals surface area contributed by atoms with Crippen LogP contribution in [0.15, 0.2) is 18.5 Å². The van der Waals surface area contributed by atoms with E-state index in [4.69, 9.17) is 0 Å². The van der Waals surface area contributed by atoms with Crippen molar-refractivity contribution in [1.29, 1.82) is 0 Å². The van der Waals surface area contributed by atoms with Crippen LogP contribution in [0, 0.1) is 5.92 Å². The van der Waals surface area contributed by atoms with Gasteiger partial charge in [0.1, 0.15) is 0 Å². The fourth-order valence-corrected chi connectivity index (χ4v) is 3.57. The van der Waals surface area contributed by atoms with E-state index in [9.17, 15) is 4.79 Å². The Labute approximate surface area is 132 Å². The van der Waals surface area contributed by atoms with Crippen molar-refractivity contribution in [3.8, 4) is 0 Å². The Bertz CT molecular complexity index is 471. The lowest BCUT2D eigenvalue weighted by Crippen LogP contribution is -2.46. The molecule has 1 aliphatic carbocycles. The Morgan fingerprint density at radius 2 is 1.77 bits per heavy atom. The zero-order valence-corrected chi connectivity index (χ0v) is 13.2. The Balaban J connectivity index is 1.55. The second-order valence-corrected chi connectivity index (χ2v) is 6.53. The monoisotopic (exact) mass is 302 g/mol. The largest absolute Gasteiger partial charge is 0.353 e. The Morgan fingerprint density at radius 1 is 1.05 bits per heavy atom. The summed E-state index contributed by atoms with van der Waals surface area (Å²) in [6.07, 6.45) is 12.9. The number of piperidine rings is 1. The Morgan fingerprint density at radius 3 is 2.50 bits per heavy atom. The van der Waals surface area contributed by atoms with E-state index in [-0.39, 0.29) is 11.8 Å². The first kappa shape index (κ1) is 15.3. The van der Waals surface area contributed by atoms with E-state index in [2.05, 4.69) is 20.2 Å². The molecular formula is C17H26N4O. The van der Waals surface area contributed by atoms with Gasteiger partial charge in [-0.25, -0.2) is 9.97 Å². The fraction of sp³-hybridized carbons (Fsp3) is 0.706. The van der Waals surface area contributed by atoms with Gasteiger partial charge in [0.15, 0.2) is 0 Å². The zero-order chi connectivity index (χ0) is 15.2. The second kappa shape index (κ2) is 7.56. The number of nitrogens with zero attached hydrogens (tertiary/aromatic N) is 3. The molecule has 0 bridgehead atoms. The summed E-state index contributed by atoms with van der Waals surface area (Å²) in [4.78, 5) is 23.3. The number of anilines is 1. The number of hydrogen-bond acceptors (Lipinski definition) is 4. The van der Waals surface area contributed by atoms with Crippen LogP contribution in [0.2, 0.25) is 0 Å². The van der Waals surface area contributed by atoms with Gasteiger partial charge in [-0.15, -0.1) is 0 Å². The maximum absolute atomic E-state index is 12.6. The molecule has 0 radical (unpaired) electrons. The molecule has 22 heavy (non-hydrogen) atoms. The highest BCUT2D eigenvalue weighted by Crippen LogP contribution is 2.22. The van der Waals surface area contributed by atoms with Crippen molar-refractivity contribution in [3.63, 3.8) is 0 Å². The van der Waals surface area contributed by atoms with Gasteiger partial charge >= 0.3 is 0 Å². The summed E-state index contributed by atoms with van der Waals surface area (Å²) >= 11 is 0. The molecule has 0 unspecified atom stereocenters. The topological polar surface area (TPSA) is 58.1 Å². The Hall–Kier alpha value is -1.65. The van der Waals surface area contributed by atoms with Crippen molar-refractivity contribution >= 4 is 11.9 Å². The molecule has 3 rings (SSSR count). The maximum atomic E-state index is 12.6. The third-order valence-electron chi connectivity index (χ3n) is 4.83. The number of carbonyl (C=O) groups is 1. The van der Waals surface area contributed by atoms with E-state index < -0.39 is 0 Å². The SMILES string of the molecule is O=C(NC1CCCCCC1)[C@H]1CCCN(c2ncccn2)C1. The minimum atomic E-state index is 0.0702. The minimum Gasteiger partial charge on any atom is -0.353 e. The van der Waals surface area contributed by atoms with Crippen molar-refractivity contribution < 1.29 is 4.79 Å². The smallest absolute Gasteiger partial charge is 0.225 e. The first-order valence-electron chi connectivity index (χ1n) is 8.65. The predicted octanol–water partition coefficient (Wildman–Crippen LogP) is 2.53. The summed E-state index contributed by atoms with van der Waals surface area (Å²) in [5.74, 6) is 1.04. The van der Waals surface area contributed by atoms with Crippen LogP contribution in [-0.2, 0) is 4.79 Å². The van der Waals surface area contributed by atoms with Gasteiger partial charge < -0.3 is 10.2 Å². The minimum absolute atomic E-state index is 0.0702. The average molecular weight is 302 g/mol. The van der Waals surface area contributed by atoms with Crippen LogP contribution in [0.5, 0.6) is 0 Å². The molecule has 2 heterocycles. The molecule has 1 amide bonds. The highest BCUT2D eigenvalue weighted by Gasteiger charge is 2.28. The number of carbonyl (C=O) groups excluding carboxylic acids is 1. The van der Waals surface area contributed by atoms with E-state index in [0.717, 1.165) is 44.7 Å². The van der Waals surface area contributed by atoms with Crippen LogP contribution in [0.25, 0.3) is 0 Å². The van der Waals surface area contributed by atoms with Gasteiger partial charge in [0.2, 0.25) is 11.9 Å². The molecule has 1 saturated heterocycles. The standard InChI is InChI=1S/C17H26N4O/c22-16(20-15-8-3-1-2-4-9-15)14-7-5-12-21(13-14)17-18-10-6-11-19-17/h6,10-11,14-15H,1-5,7-9,12-13H2,(H,20,22)/t14-/m0/s1. The van der Waals surface area contributed by atoms with E-state index in [1.165, 1.54) is 25.7 Å². The lowest BCUT2D eigenvalue weighted by molar-refractivity contribution is -0.126. The number of rotatable bonds is 3. The second-order valence-electron chi connectivity index (χ2n) is 6.53. The fourth-order valence-electron chi connectivity index (χ4n) is 3.57. The van der Waals surface area contributed by atoms with Crippen molar-refractivity contribution in [2.75, 3.05) is 18.0 Å². The first-order valence-corrected chi connectivity index (χ1v) is 8.65. The zero-order valence-electron chi connectivity index (χ0n) is 13.2. The van der Waals surface area contributed by atoms with Crippen molar-refractivity contribution in [2.24, 2.45) is 5.92 Å². The highest BCUT2D eigenvalue weighted by atomic mass is 16.2. The highest BCUT2D eigenvalue weighted by molar-refractivity contribution is 5.79. The molecule has 1 aromatic rings. The molecule has 0 aromatic carbocycles. The molecule has 1 aliphatic heterocycles. The Kier molecular flexibility index (Phi) is 5.24. The number of hydrogen-bond donors (Lipinski definition) is 1. The molecule has 5 heteroatoms. The van der Waals surface area contributed by atoms with Gasteiger partial charge in [-0.05, 0) is 31.7 Å². The van der Waals surface area contributed by atoms with Crippen molar-refractivity contribution in [2.45, 2.75) is 57.4 Å². The van der Waals surface area contributed by atoms with E-state index in [1.807, 2.05) is 6.07 Å². The van der Waals surface area contributed by atoms with Crippen molar-refractivity contribution in [3.05, 3.63) is 18.5 Å². The molecule has 0 spiro atoms. The van der Waals surface area contributed by atoms with Crippen LogP contribution >= 0.6 is 0 Å². The lowest BCUT2D eigenvalue weighted by Gasteiger charge is -2.32. The molecule has 5 nitrogen and oxygen atoms in total.